The van der Waals surface area contributed by atoms with Crippen molar-refractivity contribution in [3.05, 3.63) is 30.6 Å². The SMILES string of the molecule is [Mn].c1ccncc1. The van der Waals surface area contributed by atoms with E-state index < -0.39 is 0 Å². The number of hydrogen-bond acceptors (Lipinski definition) is 1. The summed E-state index contributed by atoms with van der Waals surface area (Å²) >= 11 is 0. The predicted molar refractivity (Wildman–Crippen MR) is 24.2 cm³/mol. The molecule has 1 heterocycles. The number of rotatable bonds is 0. The molecule has 37 valence electrons. The standard InChI is InChI=1S/C5H5N.Mn/c1-2-4-6-5-3-1;/h1-5H;. The van der Waals surface area contributed by atoms with Gasteiger partial charge in [-0.15, -0.1) is 0 Å². The molecule has 0 fully saturated rings. The summed E-state index contributed by atoms with van der Waals surface area (Å²) in [6.45, 7) is 0. The fourth-order valence-corrected chi connectivity index (χ4v) is 0.313. The first-order valence-electron chi connectivity index (χ1n) is 1.85. The largest absolute Gasteiger partial charge is 0.265 e. The number of aromatic nitrogens is 1. The van der Waals surface area contributed by atoms with Crippen molar-refractivity contribution in [1.82, 2.24) is 4.98 Å². The van der Waals surface area contributed by atoms with E-state index in [9.17, 15) is 0 Å². The Labute approximate surface area is 53.2 Å². The van der Waals surface area contributed by atoms with Gasteiger partial charge in [-0.1, -0.05) is 6.07 Å². The van der Waals surface area contributed by atoms with Gasteiger partial charge in [-0.2, -0.15) is 0 Å². The zero-order chi connectivity index (χ0) is 4.24. The Kier molecular flexibility index (Phi) is 3.66. The molecule has 1 aromatic rings. The van der Waals surface area contributed by atoms with E-state index in [4.69, 9.17) is 0 Å². The molecule has 0 aliphatic carbocycles. The Morgan fingerprint density at radius 3 is 1.57 bits per heavy atom. The molecule has 1 rings (SSSR count). The van der Waals surface area contributed by atoms with E-state index in [0.29, 0.717) is 0 Å². The summed E-state index contributed by atoms with van der Waals surface area (Å²) in [7, 11) is 0. The summed E-state index contributed by atoms with van der Waals surface area (Å²) in [5.74, 6) is 0. The van der Waals surface area contributed by atoms with Crippen LogP contribution in [-0.2, 0) is 17.1 Å². The van der Waals surface area contributed by atoms with Gasteiger partial charge in [-0.05, 0) is 12.1 Å². The van der Waals surface area contributed by atoms with Crippen molar-refractivity contribution in [1.29, 1.82) is 0 Å². The summed E-state index contributed by atoms with van der Waals surface area (Å²) in [5, 5.41) is 0. The van der Waals surface area contributed by atoms with Gasteiger partial charge in [0.2, 0.25) is 0 Å². The van der Waals surface area contributed by atoms with Crippen molar-refractivity contribution in [2.24, 2.45) is 0 Å². The third-order valence-corrected chi connectivity index (χ3v) is 0.566. The Bertz CT molecular complexity index is 80.0. The molecule has 0 aromatic carbocycles. The van der Waals surface area contributed by atoms with Gasteiger partial charge < -0.3 is 0 Å². The number of nitrogens with zero attached hydrogens (tertiary/aromatic N) is 1. The van der Waals surface area contributed by atoms with Crippen LogP contribution in [0.5, 0.6) is 0 Å². The van der Waals surface area contributed by atoms with E-state index in [-0.39, 0.29) is 17.1 Å². The summed E-state index contributed by atoms with van der Waals surface area (Å²) in [5.41, 5.74) is 0. The molecule has 0 amide bonds. The van der Waals surface area contributed by atoms with Gasteiger partial charge in [0, 0.05) is 29.5 Å². The van der Waals surface area contributed by atoms with Gasteiger partial charge >= 0.3 is 0 Å². The molecular weight excluding hydrogens is 129 g/mol. The molecule has 0 atom stereocenters. The minimum Gasteiger partial charge on any atom is -0.265 e. The molecule has 0 spiro atoms. The van der Waals surface area contributed by atoms with Gasteiger partial charge in [0.05, 0.1) is 0 Å². The predicted octanol–water partition coefficient (Wildman–Crippen LogP) is 1.08. The van der Waals surface area contributed by atoms with Crippen LogP contribution < -0.4 is 0 Å². The van der Waals surface area contributed by atoms with Crippen molar-refractivity contribution in [2.45, 2.75) is 0 Å². The molecule has 0 aliphatic heterocycles. The Hall–Kier alpha value is -0.331. The van der Waals surface area contributed by atoms with Crippen LogP contribution in [0.4, 0.5) is 0 Å². The topological polar surface area (TPSA) is 12.9 Å². The maximum Gasteiger partial charge on any atom is 0.0267 e. The van der Waals surface area contributed by atoms with Crippen LogP contribution in [0.25, 0.3) is 0 Å². The number of pyridine rings is 1. The van der Waals surface area contributed by atoms with Gasteiger partial charge in [0.15, 0.2) is 0 Å². The van der Waals surface area contributed by atoms with E-state index in [1.165, 1.54) is 0 Å². The van der Waals surface area contributed by atoms with E-state index in [1.54, 1.807) is 12.4 Å². The summed E-state index contributed by atoms with van der Waals surface area (Å²) < 4.78 is 0. The molecule has 0 aliphatic rings. The average molecular weight is 134 g/mol. The first kappa shape index (κ1) is 6.67. The smallest absolute Gasteiger partial charge is 0.0267 e. The zero-order valence-electron chi connectivity index (χ0n) is 3.71. The molecule has 0 unspecified atom stereocenters. The first-order valence-corrected chi connectivity index (χ1v) is 1.85. The quantitative estimate of drug-likeness (QED) is 0.484. The van der Waals surface area contributed by atoms with Gasteiger partial charge in [-0.25, -0.2) is 0 Å². The second-order valence-electron chi connectivity index (χ2n) is 1.02. The van der Waals surface area contributed by atoms with Crippen molar-refractivity contribution >= 4 is 0 Å². The average Bonchev–Trinajstić information content (AvgIpc) is 1.72. The molecule has 0 saturated heterocycles. The summed E-state index contributed by atoms with van der Waals surface area (Å²) in [6.07, 6.45) is 3.50. The maximum atomic E-state index is 3.78. The van der Waals surface area contributed by atoms with E-state index in [0.717, 1.165) is 0 Å². The second kappa shape index (κ2) is 3.85. The molecule has 0 saturated carbocycles. The monoisotopic (exact) mass is 134 g/mol. The Morgan fingerprint density at radius 1 is 0.857 bits per heavy atom. The van der Waals surface area contributed by atoms with Crippen molar-refractivity contribution in [3.63, 3.8) is 0 Å². The third-order valence-electron chi connectivity index (χ3n) is 0.566. The maximum absolute atomic E-state index is 3.78. The van der Waals surface area contributed by atoms with Crippen LogP contribution in [0, 0.1) is 0 Å². The van der Waals surface area contributed by atoms with Gasteiger partial charge in [0.1, 0.15) is 0 Å². The number of hydrogen-bond donors (Lipinski definition) is 0. The summed E-state index contributed by atoms with van der Waals surface area (Å²) in [4.78, 5) is 3.78. The zero-order valence-corrected chi connectivity index (χ0v) is 4.89. The molecule has 7 heavy (non-hydrogen) atoms. The van der Waals surface area contributed by atoms with Crippen molar-refractivity contribution in [3.8, 4) is 0 Å². The normalized spacial score (nSPS) is 6.86. The van der Waals surface area contributed by atoms with Gasteiger partial charge in [-0.3, -0.25) is 4.98 Å². The molecule has 0 bridgehead atoms. The van der Waals surface area contributed by atoms with Crippen LogP contribution in [0.15, 0.2) is 30.6 Å². The van der Waals surface area contributed by atoms with E-state index in [1.807, 2.05) is 18.2 Å². The fourth-order valence-electron chi connectivity index (χ4n) is 0.313. The van der Waals surface area contributed by atoms with Crippen LogP contribution in [0.2, 0.25) is 0 Å². The van der Waals surface area contributed by atoms with E-state index in [2.05, 4.69) is 4.98 Å². The molecule has 1 nitrogen and oxygen atoms in total. The van der Waals surface area contributed by atoms with Crippen molar-refractivity contribution in [2.75, 3.05) is 0 Å². The van der Waals surface area contributed by atoms with Crippen LogP contribution in [-0.4, -0.2) is 4.98 Å². The van der Waals surface area contributed by atoms with Crippen LogP contribution in [0.1, 0.15) is 0 Å². The minimum atomic E-state index is 0. The van der Waals surface area contributed by atoms with Crippen LogP contribution in [0.3, 0.4) is 0 Å². The third kappa shape index (κ3) is 2.38. The first-order chi connectivity index (χ1) is 3.00. The van der Waals surface area contributed by atoms with E-state index >= 15 is 0 Å². The molecule has 0 N–H and O–H groups in total. The fraction of sp³-hybridized carbons (Fsp3) is 0. The second-order valence-corrected chi connectivity index (χ2v) is 1.02. The molecular formula is C5H5MnN. The van der Waals surface area contributed by atoms with Crippen LogP contribution >= 0.6 is 0 Å². The van der Waals surface area contributed by atoms with Crippen molar-refractivity contribution < 1.29 is 17.1 Å². The molecule has 2 heteroatoms. The minimum absolute atomic E-state index is 0. The van der Waals surface area contributed by atoms with Gasteiger partial charge in [0.25, 0.3) is 0 Å². The Morgan fingerprint density at radius 2 is 1.43 bits per heavy atom. The molecule has 1 radical (unpaired) electrons. The molecule has 1 aromatic heterocycles. The Balaban J connectivity index is 0.000000360. The summed E-state index contributed by atoms with van der Waals surface area (Å²) in [6, 6.07) is 5.72.